The molecular formula is C42H51N3O11Si. The van der Waals surface area contributed by atoms with Gasteiger partial charge in [0, 0.05) is 25.7 Å². The van der Waals surface area contributed by atoms with E-state index >= 15 is 0 Å². The van der Waals surface area contributed by atoms with E-state index < -0.39 is 26.2 Å². The molecule has 57 heavy (non-hydrogen) atoms. The highest BCUT2D eigenvalue weighted by molar-refractivity contribution is 6.74. The van der Waals surface area contributed by atoms with Gasteiger partial charge in [0.05, 0.1) is 62.9 Å². The molecule has 304 valence electrons. The summed E-state index contributed by atoms with van der Waals surface area (Å²) in [7, 11) is 3.78. The highest BCUT2D eigenvalue weighted by Crippen LogP contribution is 2.39. The molecule has 5 rings (SSSR count). The molecule has 2 aromatic carbocycles. The standard InChI is InChI=1S/C42H51N3O11Si/c1-25-15-29(24-56-57(9,10)42(2,3)4)45(21-25)40(49)30-18-34(51-6)35(52-7)19-32(30)43-41(50)55-22-27-13-11-26(12-14-27)16-37(47)54-23-28-17-31-38(44(28)5)33(46)20-36(53-8)39(31)48/h11-14,17-20,29H,1,15-16,21-24H2,2-10H3,(H,43,50)/t29-/m0/s1. The minimum absolute atomic E-state index is 0.00168. The number of ketones is 2. The summed E-state index contributed by atoms with van der Waals surface area (Å²) in [6.07, 6.45) is 0.915. The molecule has 0 unspecified atom stereocenters. The van der Waals surface area contributed by atoms with E-state index in [1.807, 2.05) is 0 Å². The number of Topliss-reactive ketones (excluding diaryl/α,β-unsaturated/α-hetero) is 1. The van der Waals surface area contributed by atoms with Gasteiger partial charge in [0.15, 0.2) is 25.6 Å². The third-order valence-corrected chi connectivity index (χ3v) is 15.2. The van der Waals surface area contributed by atoms with Crippen LogP contribution in [0.1, 0.15) is 75.2 Å². The van der Waals surface area contributed by atoms with Crippen molar-refractivity contribution in [2.45, 2.75) is 71.0 Å². The Morgan fingerprint density at radius 3 is 2.19 bits per heavy atom. The number of hydrogen-bond donors (Lipinski definition) is 1. The van der Waals surface area contributed by atoms with Gasteiger partial charge in [0.1, 0.15) is 18.9 Å². The number of likely N-dealkylation sites (tertiary alicyclic amines) is 1. The van der Waals surface area contributed by atoms with Crippen LogP contribution >= 0.6 is 0 Å². The number of carbonyl (C=O) groups excluding carboxylic acids is 5. The second-order valence-corrected chi connectivity index (χ2v) is 20.4. The number of fused-ring (bicyclic) bond motifs is 1. The van der Waals surface area contributed by atoms with Crippen molar-refractivity contribution in [2.24, 2.45) is 7.05 Å². The van der Waals surface area contributed by atoms with Gasteiger partial charge in [-0.15, -0.1) is 0 Å². The van der Waals surface area contributed by atoms with Crippen LogP contribution in [0.25, 0.3) is 0 Å². The first-order valence-corrected chi connectivity index (χ1v) is 21.4. The number of nitrogens with one attached hydrogen (secondary N) is 1. The molecule has 0 radical (unpaired) electrons. The average molecular weight is 802 g/mol. The number of nitrogens with zero attached hydrogens (tertiary/aromatic N) is 2. The van der Waals surface area contributed by atoms with E-state index in [0.29, 0.717) is 47.9 Å². The van der Waals surface area contributed by atoms with Gasteiger partial charge < -0.3 is 37.6 Å². The fourth-order valence-electron chi connectivity index (χ4n) is 6.32. The Labute approximate surface area is 333 Å². The number of amides is 2. The average Bonchev–Trinajstić information content (AvgIpc) is 3.72. The summed E-state index contributed by atoms with van der Waals surface area (Å²) in [6.45, 7) is 15.5. The summed E-state index contributed by atoms with van der Waals surface area (Å²) >= 11 is 0. The Morgan fingerprint density at radius 2 is 1.56 bits per heavy atom. The predicted octanol–water partition coefficient (Wildman–Crippen LogP) is 6.78. The monoisotopic (exact) mass is 801 g/mol. The van der Waals surface area contributed by atoms with Crippen LogP contribution in [0.3, 0.4) is 0 Å². The Hall–Kier alpha value is -5.67. The first kappa shape index (κ1) is 42.5. The third-order valence-electron chi connectivity index (χ3n) is 10.7. The van der Waals surface area contributed by atoms with E-state index in [-0.39, 0.29) is 70.7 Å². The van der Waals surface area contributed by atoms with Gasteiger partial charge in [-0.25, -0.2) is 4.79 Å². The lowest BCUT2D eigenvalue weighted by Gasteiger charge is -2.38. The normalized spacial score (nSPS) is 15.5. The number of methoxy groups -OCH3 is 3. The van der Waals surface area contributed by atoms with Gasteiger partial charge in [-0.1, -0.05) is 57.2 Å². The van der Waals surface area contributed by atoms with E-state index in [4.69, 9.17) is 28.1 Å². The minimum atomic E-state index is -2.09. The lowest BCUT2D eigenvalue weighted by molar-refractivity contribution is -0.144. The van der Waals surface area contributed by atoms with Crippen molar-refractivity contribution in [2.75, 3.05) is 39.8 Å². The van der Waals surface area contributed by atoms with Gasteiger partial charge in [0.25, 0.3) is 5.91 Å². The summed E-state index contributed by atoms with van der Waals surface area (Å²) in [5, 5.41) is 2.71. The number of hydrogen-bond acceptors (Lipinski definition) is 11. The van der Waals surface area contributed by atoms with Crippen LogP contribution in [-0.4, -0.2) is 87.8 Å². The second-order valence-electron chi connectivity index (χ2n) is 15.6. The number of allylic oxidation sites excluding steroid dienone is 2. The molecule has 1 atom stereocenters. The fourth-order valence-corrected chi connectivity index (χ4v) is 7.37. The molecule has 1 saturated heterocycles. The summed E-state index contributed by atoms with van der Waals surface area (Å²) in [5.74, 6) is -1.03. The maximum absolute atomic E-state index is 14.2. The number of ether oxygens (including phenoxy) is 5. The molecule has 2 heterocycles. The zero-order valence-electron chi connectivity index (χ0n) is 34.0. The maximum atomic E-state index is 14.2. The zero-order chi connectivity index (χ0) is 41.8. The van der Waals surface area contributed by atoms with Crippen molar-refractivity contribution in [1.29, 1.82) is 0 Å². The number of esters is 1. The molecular weight excluding hydrogens is 751 g/mol. The van der Waals surface area contributed by atoms with Crippen LogP contribution in [0, 0.1) is 0 Å². The molecule has 14 nitrogen and oxygen atoms in total. The van der Waals surface area contributed by atoms with Crippen LogP contribution in [0.15, 0.2) is 66.5 Å². The smallest absolute Gasteiger partial charge is 0.411 e. The van der Waals surface area contributed by atoms with Gasteiger partial charge in [-0.05, 0) is 47.8 Å². The van der Waals surface area contributed by atoms with Crippen molar-refractivity contribution in [3.63, 3.8) is 0 Å². The quantitative estimate of drug-likeness (QED) is 0.104. The van der Waals surface area contributed by atoms with Crippen molar-refractivity contribution in [1.82, 2.24) is 9.47 Å². The van der Waals surface area contributed by atoms with E-state index in [9.17, 15) is 24.0 Å². The van der Waals surface area contributed by atoms with Crippen LogP contribution in [0.5, 0.6) is 11.5 Å². The molecule has 1 aliphatic heterocycles. The molecule has 1 aromatic heterocycles. The number of aromatic nitrogens is 1. The highest BCUT2D eigenvalue weighted by Gasteiger charge is 2.40. The Balaban J connectivity index is 1.19. The molecule has 2 amide bonds. The van der Waals surface area contributed by atoms with Crippen molar-refractivity contribution in [3.8, 4) is 11.5 Å². The summed E-state index contributed by atoms with van der Waals surface area (Å²) in [5.41, 5.74) is 3.48. The molecule has 15 heteroatoms. The molecule has 0 spiro atoms. The lowest BCUT2D eigenvalue weighted by Crippen LogP contribution is -2.46. The van der Waals surface area contributed by atoms with Gasteiger partial charge in [-0.2, -0.15) is 0 Å². The summed E-state index contributed by atoms with van der Waals surface area (Å²) in [4.78, 5) is 66.9. The molecule has 1 aliphatic carbocycles. The van der Waals surface area contributed by atoms with E-state index in [0.717, 1.165) is 11.6 Å². The highest BCUT2D eigenvalue weighted by atomic mass is 28.4. The molecule has 2 aliphatic rings. The SMILES string of the molecule is C=C1C[C@@H](CO[Si](C)(C)C(C)(C)C)N(C(=O)c2cc(OC)c(OC)cc2NC(=O)OCc2ccc(CC(=O)OCc3cc4c(n3C)C(=O)C=C(OC)C4=O)cc2)C1. The Bertz CT molecular complexity index is 2110. The van der Waals surface area contributed by atoms with E-state index in [1.54, 1.807) is 36.2 Å². The summed E-state index contributed by atoms with van der Waals surface area (Å²) < 4.78 is 35.0. The van der Waals surface area contributed by atoms with Crippen LogP contribution < -0.4 is 14.8 Å². The van der Waals surface area contributed by atoms with Crippen molar-refractivity contribution >= 4 is 43.5 Å². The number of rotatable bonds is 14. The fraction of sp³-hybridized carbons (Fsp3) is 0.405. The van der Waals surface area contributed by atoms with Crippen LogP contribution in [0.4, 0.5) is 10.5 Å². The zero-order valence-corrected chi connectivity index (χ0v) is 35.0. The molecule has 3 aromatic rings. The summed E-state index contributed by atoms with van der Waals surface area (Å²) in [6, 6.07) is 11.2. The largest absolute Gasteiger partial charge is 0.493 e. The molecule has 1 N–H and O–H groups in total. The molecule has 0 bridgehead atoms. The van der Waals surface area contributed by atoms with Crippen molar-refractivity contribution in [3.05, 3.63) is 100 Å². The maximum Gasteiger partial charge on any atom is 0.411 e. The van der Waals surface area contributed by atoms with Gasteiger partial charge >= 0.3 is 12.1 Å². The number of benzene rings is 2. The number of anilines is 1. The number of carbonyl (C=O) groups is 5. The first-order chi connectivity index (χ1) is 26.9. The Morgan fingerprint density at radius 1 is 0.912 bits per heavy atom. The minimum Gasteiger partial charge on any atom is -0.493 e. The first-order valence-electron chi connectivity index (χ1n) is 18.5. The Kier molecular flexibility index (Phi) is 12.8. The third kappa shape index (κ3) is 9.48. The van der Waals surface area contributed by atoms with E-state index in [2.05, 4.69) is 45.8 Å². The molecule has 1 fully saturated rings. The van der Waals surface area contributed by atoms with Crippen LogP contribution in [-0.2, 0) is 50.1 Å². The predicted molar refractivity (Wildman–Crippen MR) is 214 cm³/mol. The van der Waals surface area contributed by atoms with Crippen molar-refractivity contribution < 1.29 is 52.1 Å². The second kappa shape index (κ2) is 17.2. The van der Waals surface area contributed by atoms with Gasteiger partial charge in [0.2, 0.25) is 11.6 Å². The van der Waals surface area contributed by atoms with E-state index in [1.165, 1.54) is 44.1 Å². The molecule has 0 saturated carbocycles. The van der Waals surface area contributed by atoms with Gasteiger partial charge in [-0.3, -0.25) is 24.5 Å². The van der Waals surface area contributed by atoms with Crippen LogP contribution in [0.2, 0.25) is 18.1 Å². The topological polar surface area (TPSA) is 161 Å². The lowest BCUT2D eigenvalue weighted by atomic mass is 10.0.